The van der Waals surface area contributed by atoms with Crippen LogP contribution in [0.15, 0.2) is 0 Å². The van der Waals surface area contributed by atoms with Crippen LogP contribution in [0.5, 0.6) is 0 Å². The number of nitrogens with zero attached hydrogens (tertiary/aromatic N) is 1. The number of rotatable bonds is 1. The SMILES string of the molecule is CC(C)(C)OC(=O)c1nc2c(s1)NCCC2. The van der Waals surface area contributed by atoms with Crippen molar-refractivity contribution in [2.75, 3.05) is 11.9 Å². The molecule has 0 unspecified atom stereocenters. The Morgan fingerprint density at radius 1 is 1.50 bits per heavy atom. The smallest absolute Gasteiger partial charge is 0.368 e. The van der Waals surface area contributed by atoms with Crippen LogP contribution in [-0.4, -0.2) is 23.1 Å². The highest BCUT2D eigenvalue weighted by Gasteiger charge is 2.23. The van der Waals surface area contributed by atoms with Crippen molar-refractivity contribution < 1.29 is 9.53 Å². The summed E-state index contributed by atoms with van der Waals surface area (Å²) in [6.45, 7) is 6.53. The number of aromatic nitrogens is 1. The van der Waals surface area contributed by atoms with Crippen molar-refractivity contribution in [2.24, 2.45) is 0 Å². The summed E-state index contributed by atoms with van der Waals surface area (Å²) in [6, 6.07) is 0. The van der Waals surface area contributed by atoms with Gasteiger partial charge in [0, 0.05) is 6.54 Å². The Bertz CT molecular complexity index is 383. The first-order valence-electron chi connectivity index (χ1n) is 5.42. The number of hydrogen-bond acceptors (Lipinski definition) is 5. The van der Waals surface area contributed by atoms with Gasteiger partial charge in [-0.15, -0.1) is 0 Å². The molecular formula is C11H16N2O2S. The highest BCUT2D eigenvalue weighted by molar-refractivity contribution is 7.17. The van der Waals surface area contributed by atoms with Crippen molar-refractivity contribution in [3.05, 3.63) is 10.7 Å². The van der Waals surface area contributed by atoms with Crippen LogP contribution in [0, 0.1) is 0 Å². The van der Waals surface area contributed by atoms with Gasteiger partial charge in [-0.2, -0.15) is 0 Å². The Morgan fingerprint density at radius 2 is 2.25 bits per heavy atom. The van der Waals surface area contributed by atoms with E-state index >= 15 is 0 Å². The van der Waals surface area contributed by atoms with Gasteiger partial charge >= 0.3 is 5.97 Å². The summed E-state index contributed by atoms with van der Waals surface area (Å²) in [5, 5.41) is 4.72. The van der Waals surface area contributed by atoms with Crippen LogP contribution in [0.1, 0.15) is 42.7 Å². The van der Waals surface area contributed by atoms with Gasteiger partial charge in [0.1, 0.15) is 10.6 Å². The number of esters is 1. The van der Waals surface area contributed by atoms with Crippen molar-refractivity contribution in [3.63, 3.8) is 0 Å². The van der Waals surface area contributed by atoms with Gasteiger partial charge in [-0.3, -0.25) is 0 Å². The van der Waals surface area contributed by atoms with Crippen molar-refractivity contribution in [1.29, 1.82) is 0 Å². The first-order chi connectivity index (χ1) is 7.46. The summed E-state index contributed by atoms with van der Waals surface area (Å²) in [7, 11) is 0. The van der Waals surface area contributed by atoms with E-state index in [0.29, 0.717) is 5.01 Å². The largest absolute Gasteiger partial charge is 0.455 e. The fraction of sp³-hybridized carbons (Fsp3) is 0.636. The lowest BCUT2D eigenvalue weighted by Crippen LogP contribution is -2.23. The molecular weight excluding hydrogens is 224 g/mol. The van der Waals surface area contributed by atoms with Gasteiger partial charge in [0.15, 0.2) is 0 Å². The third kappa shape index (κ3) is 2.52. The van der Waals surface area contributed by atoms with Crippen LogP contribution in [-0.2, 0) is 11.2 Å². The number of anilines is 1. The summed E-state index contributed by atoms with van der Waals surface area (Å²) in [4.78, 5) is 16.1. The van der Waals surface area contributed by atoms with E-state index in [-0.39, 0.29) is 5.97 Å². The van der Waals surface area contributed by atoms with E-state index < -0.39 is 5.60 Å². The predicted octanol–water partition coefficient (Wildman–Crippen LogP) is 2.46. The van der Waals surface area contributed by atoms with Crippen LogP contribution in [0.4, 0.5) is 5.00 Å². The average Bonchev–Trinajstić information content (AvgIpc) is 2.58. The second kappa shape index (κ2) is 4.05. The molecule has 2 rings (SSSR count). The van der Waals surface area contributed by atoms with Crippen LogP contribution in [0.25, 0.3) is 0 Å². The second-order valence-corrected chi connectivity index (χ2v) is 5.83. The molecule has 1 N–H and O–H groups in total. The molecule has 0 bridgehead atoms. The van der Waals surface area contributed by atoms with Gasteiger partial charge in [-0.05, 0) is 33.6 Å². The van der Waals surface area contributed by atoms with Crippen LogP contribution in [0.3, 0.4) is 0 Å². The second-order valence-electron chi connectivity index (χ2n) is 4.83. The highest BCUT2D eigenvalue weighted by atomic mass is 32.1. The first kappa shape index (κ1) is 11.4. The lowest BCUT2D eigenvalue weighted by Gasteiger charge is -2.18. The molecule has 1 aromatic heterocycles. The highest BCUT2D eigenvalue weighted by Crippen LogP contribution is 2.29. The van der Waals surface area contributed by atoms with E-state index in [1.807, 2.05) is 20.8 Å². The molecule has 4 nitrogen and oxygen atoms in total. The number of ether oxygens (including phenoxy) is 1. The van der Waals surface area contributed by atoms with Gasteiger partial charge in [-0.25, -0.2) is 9.78 Å². The maximum atomic E-state index is 11.8. The molecule has 2 heterocycles. The van der Waals surface area contributed by atoms with Crippen molar-refractivity contribution >= 4 is 22.3 Å². The molecule has 0 aliphatic carbocycles. The number of fused-ring (bicyclic) bond motifs is 1. The quantitative estimate of drug-likeness (QED) is 0.766. The lowest BCUT2D eigenvalue weighted by atomic mass is 10.2. The van der Waals surface area contributed by atoms with E-state index in [0.717, 1.165) is 30.1 Å². The Hall–Kier alpha value is -1.10. The Labute approximate surface area is 99.0 Å². The van der Waals surface area contributed by atoms with Gasteiger partial charge < -0.3 is 10.1 Å². The minimum Gasteiger partial charge on any atom is -0.455 e. The van der Waals surface area contributed by atoms with E-state index in [4.69, 9.17) is 4.74 Å². The third-order valence-electron chi connectivity index (χ3n) is 2.15. The van der Waals surface area contributed by atoms with Gasteiger partial charge in [0.2, 0.25) is 5.01 Å². The molecule has 1 aliphatic heterocycles. The number of carbonyl (C=O) groups excluding carboxylic acids is 1. The fourth-order valence-corrected chi connectivity index (χ4v) is 2.44. The zero-order valence-corrected chi connectivity index (χ0v) is 10.6. The average molecular weight is 240 g/mol. The Morgan fingerprint density at radius 3 is 2.88 bits per heavy atom. The van der Waals surface area contributed by atoms with E-state index in [1.165, 1.54) is 11.3 Å². The topological polar surface area (TPSA) is 51.2 Å². The lowest BCUT2D eigenvalue weighted by molar-refractivity contribution is 0.00690. The zero-order chi connectivity index (χ0) is 11.8. The van der Waals surface area contributed by atoms with E-state index in [2.05, 4.69) is 10.3 Å². The number of carbonyl (C=O) groups is 1. The van der Waals surface area contributed by atoms with E-state index in [1.54, 1.807) is 0 Å². The zero-order valence-electron chi connectivity index (χ0n) is 9.79. The predicted molar refractivity (Wildman–Crippen MR) is 64.1 cm³/mol. The summed E-state index contributed by atoms with van der Waals surface area (Å²) in [5.74, 6) is -0.325. The van der Waals surface area contributed by atoms with Crippen molar-refractivity contribution in [1.82, 2.24) is 4.98 Å². The molecule has 1 aliphatic rings. The summed E-state index contributed by atoms with van der Waals surface area (Å²) in [5.41, 5.74) is 0.536. The van der Waals surface area contributed by atoms with Crippen LogP contribution in [0.2, 0.25) is 0 Å². The number of hydrogen-bond donors (Lipinski definition) is 1. The maximum Gasteiger partial charge on any atom is 0.368 e. The molecule has 0 spiro atoms. The maximum absolute atomic E-state index is 11.8. The molecule has 1 aromatic rings. The van der Waals surface area contributed by atoms with Gasteiger partial charge in [-0.1, -0.05) is 11.3 Å². The summed E-state index contributed by atoms with van der Waals surface area (Å²) in [6.07, 6.45) is 2.02. The molecule has 0 radical (unpaired) electrons. The molecule has 0 amide bonds. The Kier molecular flexibility index (Phi) is 2.88. The number of nitrogens with one attached hydrogen (secondary N) is 1. The standard InChI is InChI=1S/C11H16N2O2S/c1-11(2,3)15-10(14)9-13-7-5-4-6-12-8(7)16-9/h12H,4-6H2,1-3H3. The monoisotopic (exact) mass is 240 g/mol. The Balaban J connectivity index is 2.15. The van der Waals surface area contributed by atoms with Crippen molar-refractivity contribution in [3.8, 4) is 0 Å². The van der Waals surface area contributed by atoms with Gasteiger partial charge in [0.05, 0.1) is 5.69 Å². The third-order valence-corrected chi connectivity index (χ3v) is 3.18. The molecule has 88 valence electrons. The molecule has 16 heavy (non-hydrogen) atoms. The van der Waals surface area contributed by atoms with Gasteiger partial charge in [0.25, 0.3) is 0 Å². The first-order valence-corrected chi connectivity index (χ1v) is 6.24. The van der Waals surface area contributed by atoms with E-state index in [9.17, 15) is 4.79 Å². The molecule has 0 atom stereocenters. The molecule has 5 heteroatoms. The minimum absolute atomic E-state index is 0.325. The fourth-order valence-electron chi connectivity index (χ4n) is 1.53. The number of thiazole rings is 1. The molecule has 0 saturated carbocycles. The minimum atomic E-state index is -0.462. The van der Waals surface area contributed by atoms with Crippen LogP contribution < -0.4 is 5.32 Å². The number of aryl methyl sites for hydroxylation is 1. The normalized spacial score (nSPS) is 15.2. The summed E-state index contributed by atoms with van der Waals surface area (Å²) >= 11 is 1.39. The summed E-state index contributed by atoms with van der Waals surface area (Å²) < 4.78 is 5.28. The molecule has 0 aromatic carbocycles. The van der Waals surface area contributed by atoms with Crippen LogP contribution >= 0.6 is 11.3 Å². The molecule has 0 fully saturated rings. The van der Waals surface area contributed by atoms with Crippen molar-refractivity contribution in [2.45, 2.75) is 39.2 Å². The molecule has 0 saturated heterocycles.